The van der Waals surface area contributed by atoms with Crippen molar-refractivity contribution in [3.63, 3.8) is 0 Å². The number of nitrogens with zero attached hydrogens (tertiary/aromatic N) is 3. The van der Waals surface area contributed by atoms with Gasteiger partial charge in [-0.15, -0.1) is 11.8 Å². The van der Waals surface area contributed by atoms with Crippen LogP contribution in [-0.2, 0) is 24.0 Å². The third-order valence-electron chi connectivity index (χ3n) is 5.20. The Labute approximate surface area is 168 Å². The monoisotopic (exact) mass is 401 g/mol. The van der Waals surface area contributed by atoms with Crippen molar-refractivity contribution in [2.75, 3.05) is 19.3 Å². The molecule has 28 heavy (non-hydrogen) atoms. The van der Waals surface area contributed by atoms with Gasteiger partial charge in [0, 0.05) is 25.8 Å². The van der Waals surface area contributed by atoms with Crippen LogP contribution in [0.3, 0.4) is 0 Å². The van der Waals surface area contributed by atoms with E-state index in [-0.39, 0.29) is 24.8 Å². The van der Waals surface area contributed by atoms with E-state index in [2.05, 4.69) is 0 Å². The van der Waals surface area contributed by atoms with Gasteiger partial charge in [-0.2, -0.15) is 5.26 Å². The zero-order valence-corrected chi connectivity index (χ0v) is 16.8. The summed E-state index contributed by atoms with van der Waals surface area (Å²) in [6.45, 7) is 1.79. The summed E-state index contributed by atoms with van der Waals surface area (Å²) in [6.07, 6.45) is 0.280. The molecular weight excluding hydrogens is 378 g/mol. The van der Waals surface area contributed by atoms with E-state index in [1.54, 1.807) is 23.7 Å². The number of rotatable bonds is 6. The molecule has 2 aliphatic heterocycles. The summed E-state index contributed by atoms with van der Waals surface area (Å²) >= 11 is 1.58. The lowest BCUT2D eigenvalue weighted by molar-refractivity contribution is -0.164. The number of hydrogen-bond acceptors (Lipinski definition) is 6. The molecule has 0 bridgehead atoms. The lowest BCUT2D eigenvalue weighted by Crippen LogP contribution is -2.48. The van der Waals surface area contributed by atoms with Crippen LogP contribution in [-0.4, -0.2) is 59.1 Å². The molecule has 148 valence electrons. The maximum absolute atomic E-state index is 12.8. The van der Waals surface area contributed by atoms with Crippen molar-refractivity contribution >= 4 is 29.5 Å². The molecule has 0 unspecified atom stereocenters. The van der Waals surface area contributed by atoms with Crippen LogP contribution in [0.4, 0.5) is 0 Å². The fraction of sp³-hybridized carbons (Fsp3) is 0.500. The lowest BCUT2D eigenvalue weighted by Gasteiger charge is -2.34. The van der Waals surface area contributed by atoms with Crippen molar-refractivity contribution in [3.8, 4) is 6.07 Å². The standard InChI is InChI=1S/C20H23N3O4S/c1-14(18(25)22(2)12-6-11-21)27-19(26)16-13-28-20(10-9-17(24)23(16)20)15-7-4-3-5-8-15/h3-5,7-8,14,16H,6,9-10,12-13H2,1-2H3/t14-,16+,20+/m0/s1. The summed E-state index contributed by atoms with van der Waals surface area (Å²) in [4.78, 5) is 40.2. The molecular formula is C20H23N3O4S. The number of carbonyl (C=O) groups excluding carboxylic acids is 3. The van der Waals surface area contributed by atoms with Crippen molar-refractivity contribution in [2.24, 2.45) is 0 Å². The summed E-state index contributed by atoms with van der Waals surface area (Å²) in [5.74, 6) is -0.558. The summed E-state index contributed by atoms with van der Waals surface area (Å²) < 4.78 is 5.41. The number of ether oxygens (including phenoxy) is 1. The van der Waals surface area contributed by atoms with Gasteiger partial charge < -0.3 is 14.5 Å². The smallest absolute Gasteiger partial charge is 0.330 e. The molecule has 2 aliphatic rings. The van der Waals surface area contributed by atoms with Crippen LogP contribution in [0.25, 0.3) is 0 Å². The zero-order chi connectivity index (χ0) is 20.3. The minimum atomic E-state index is -0.967. The van der Waals surface area contributed by atoms with Crippen molar-refractivity contribution in [1.29, 1.82) is 5.26 Å². The van der Waals surface area contributed by atoms with Gasteiger partial charge in [0.25, 0.3) is 5.91 Å². The molecule has 0 aromatic heterocycles. The summed E-state index contributed by atoms with van der Waals surface area (Å²) in [7, 11) is 1.57. The van der Waals surface area contributed by atoms with Crippen LogP contribution in [0, 0.1) is 11.3 Å². The second-order valence-corrected chi connectivity index (χ2v) is 8.29. The Morgan fingerprint density at radius 1 is 1.43 bits per heavy atom. The van der Waals surface area contributed by atoms with Crippen LogP contribution in [0.5, 0.6) is 0 Å². The van der Waals surface area contributed by atoms with Crippen molar-refractivity contribution in [2.45, 2.75) is 43.2 Å². The van der Waals surface area contributed by atoms with E-state index in [0.717, 1.165) is 5.56 Å². The molecule has 0 saturated carbocycles. The van der Waals surface area contributed by atoms with Crippen molar-refractivity contribution in [3.05, 3.63) is 35.9 Å². The number of fused-ring (bicyclic) bond motifs is 1. The molecule has 2 fully saturated rings. The Bertz CT molecular complexity index is 809. The first kappa shape index (κ1) is 20.2. The molecule has 8 heteroatoms. The highest BCUT2D eigenvalue weighted by atomic mass is 32.2. The van der Waals surface area contributed by atoms with Gasteiger partial charge in [-0.05, 0) is 18.9 Å². The molecule has 2 amide bonds. The first-order chi connectivity index (χ1) is 13.4. The summed E-state index contributed by atoms with van der Waals surface area (Å²) in [5, 5.41) is 8.64. The van der Waals surface area contributed by atoms with E-state index in [4.69, 9.17) is 10.00 Å². The fourth-order valence-electron chi connectivity index (χ4n) is 3.76. The SMILES string of the molecule is C[C@H](OC(=O)[C@H]1CS[C@@]2(c3ccccc3)CCC(=O)N12)C(=O)N(C)CCC#N. The lowest BCUT2D eigenvalue weighted by atomic mass is 10.0. The highest BCUT2D eigenvalue weighted by molar-refractivity contribution is 8.00. The van der Waals surface area contributed by atoms with Gasteiger partial charge >= 0.3 is 5.97 Å². The molecule has 1 aromatic rings. The van der Waals surface area contributed by atoms with E-state index < -0.39 is 23.0 Å². The second kappa shape index (κ2) is 8.23. The fourth-order valence-corrected chi connectivity index (χ4v) is 5.39. The van der Waals surface area contributed by atoms with Gasteiger partial charge in [0.2, 0.25) is 5.91 Å². The molecule has 2 saturated heterocycles. The normalized spacial score (nSPS) is 24.4. The van der Waals surface area contributed by atoms with E-state index in [0.29, 0.717) is 18.6 Å². The van der Waals surface area contributed by atoms with Gasteiger partial charge in [-0.3, -0.25) is 9.59 Å². The Morgan fingerprint density at radius 2 is 2.14 bits per heavy atom. The maximum atomic E-state index is 12.8. The number of amides is 2. The third-order valence-corrected chi connectivity index (χ3v) is 6.80. The minimum Gasteiger partial charge on any atom is -0.451 e. The molecule has 2 heterocycles. The third kappa shape index (κ3) is 3.59. The number of nitriles is 1. The van der Waals surface area contributed by atoms with Crippen molar-refractivity contribution < 1.29 is 19.1 Å². The van der Waals surface area contributed by atoms with Gasteiger partial charge in [0.1, 0.15) is 10.9 Å². The molecule has 1 aromatic carbocycles. The van der Waals surface area contributed by atoms with Gasteiger partial charge in [0.05, 0.1) is 12.5 Å². The largest absolute Gasteiger partial charge is 0.451 e. The Kier molecular flexibility index (Phi) is 5.94. The van der Waals surface area contributed by atoms with E-state index in [1.165, 1.54) is 11.8 Å². The van der Waals surface area contributed by atoms with Crippen LogP contribution in [0.15, 0.2) is 30.3 Å². The average molecular weight is 401 g/mol. The maximum Gasteiger partial charge on any atom is 0.330 e. The number of esters is 1. The predicted molar refractivity (Wildman–Crippen MR) is 104 cm³/mol. The first-order valence-electron chi connectivity index (χ1n) is 9.25. The zero-order valence-electron chi connectivity index (χ0n) is 16.0. The predicted octanol–water partition coefficient (Wildman–Crippen LogP) is 1.88. The minimum absolute atomic E-state index is 0.0686. The molecule has 0 radical (unpaired) electrons. The number of hydrogen-bond donors (Lipinski definition) is 0. The van der Waals surface area contributed by atoms with Gasteiger partial charge in [-0.1, -0.05) is 30.3 Å². The molecule has 0 spiro atoms. The number of carbonyl (C=O) groups is 3. The van der Waals surface area contributed by atoms with Crippen LogP contribution in [0.2, 0.25) is 0 Å². The van der Waals surface area contributed by atoms with Crippen LogP contribution in [0.1, 0.15) is 31.7 Å². The van der Waals surface area contributed by atoms with Crippen LogP contribution >= 0.6 is 11.8 Å². The number of likely N-dealkylation sites (N-methyl/N-ethyl adjacent to an activating group) is 1. The second-order valence-electron chi connectivity index (χ2n) is 6.99. The van der Waals surface area contributed by atoms with E-state index in [1.807, 2.05) is 36.4 Å². The topological polar surface area (TPSA) is 90.7 Å². The number of benzene rings is 1. The van der Waals surface area contributed by atoms with E-state index in [9.17, 15) is 14.4 Å². The Hall–Kier alpha value is -2.53. The van der Waals surface area contributed by atoms with Crippen molar-refractivity contribution in [1.82, 2.24) is 9.80 Å². The molecule has 3 rings (SSSR count). The van der Waals surface area contributed by atoms with Gasteiger partial charge in [0.15, 0.2) is 6.10 Å². The molecule has 3 atom stereocenters. The first-order valence-corrected chi connectivity index (χ1v) is 10.2. The Morgan fingerprint density at radius 3 is 2.82 bits per heavy atom. The molecule has 0 N–H and O–H groups in total. The summed E-state index contributed by atoms with van der Waals surface area (Å²) in [6, 6.07) is 11.0. The van der Waals surface area contributed by atoms with Crippen LogP contribution < -0.4 is 0 Å². The quantitative estimate of drug-likeness (QED) is 0.676. The highest BCUT2D eigenvalue weighted by Gasteiger charge is 2.57. The Balaban J connectivity index is 1.72. The highest BCUT2D eigenvalue weighted by Crippen LogP contribution is 2.54. The number of thioether (sulfide) groups is 1. The van der Waals surface area contributed by atoms with E-state index >= 15 is 0 Å². The molecule has 0 aliphatic carbocycles. The molecule has 7 nitrogen and oxygen atoms in total. The average Bonchev–Trinajstić information content (AvgIpc) is 3.25. The van der Waals surface area contributed by atoms with Gasteiger partial charge in [-0.25, -0.2) is 4.79 Å². The summed E-state index contributed by atoms with van der Waals surface area (Å²) in [5.41, 5.74) is 1.00.